The monoisotopic (exact) mass is 286 g/mol. The number of halogens is 1. The molecule has 0 N–H and O–H groups in total. The first-order chi connectivity index (χ1) is 10.2. The minimum Gasteiger partial charge on any atom is -0.339 e. The first-order valence-corrected chi connectivity index (χ1v) is 6.87. The molecule has 6 heteroatoms. The van der Waals surface area contributed by atoms with E-state index >= 15 is 0 Å². The number of nitriles is 1. The molecule has 0 spiro atoms. The molecule has 1 saturated heterocycles. The topological polar surface area (TPSA) is 66.0 Å². The van der Waals surface area contributed by atoms with E-state index in [0.29, 0.717) is 29.4 Å². The zero-order valence-corrected chi connectivity index (χ0v) is 11.7. The Kier molecular flexibility index (Phi) is 3.67. The van der Waals surface area contributed by atoms with E-state index in [1.54, 1.807) is 13.0 Å². The predicted octanol–water partition coefficient (Wildman–Crippen LogP) is 2.38. The Labute approximate surface area is 122 Å². The molecule has 2 aromatic rings. The van der Waals surface area contributed by atoms with Crippen LogP contribution in [0.4, 0.5) is 4.39 Å². The lowest BCUT2D eigenvalue weighted by molar-refractivity contribution is 0.305. The summed E-state index contributed by atoms with van der Waals surface area (Å²) in [7, 11) is 0. The Morgan fingerprint density at radius 1 is 1.52 bits per heavy atom. The van der Waals surface area contributed by atoms with Gasteiger partial charge in [0.15, 0.2) is 5.82 Å². The SMILES string of the molecule is Cc1noc([C@H]2CCN(Cc3cc(C#N)ccc3F)C2)n1. The van der Waals surface area contributed by atoms with E-state index in [-0.39, 0.29) is 11.7 Å². The van der Waals surface area contributed by atoms with Gasteiger partial charge < -0.3 is 4.52 Å². The van der Waals surface area contributed by atoms with Crippen molar-refractivity contribution < 1.29 is 8.91 Å². The predicted molar refractivity (Wildman–Crippen MR) is 72.8 cm³/mol. The van der Waals surface area contributed by atoms with E-state index < -0.39 is 0 Å². The Balaban J connectivity index is 1.69. The minimum absolute atomic E-state index is 0.202. The van der Waals surface area contributed by atoms with Crippen molar-refractivity contribution in [3.63, 3.8) is 0 Å². The molecule has 108 valence electrons. The molecule has 0 saturated carbocycles. The lowest BCUT2D eigenvalue weighted by Crippen LogP contribution is -2.20. The Morgan fingerprint density at radius 3 is 3.10 bits per heavy atom. The Bertz CT molecular complexity index is 691. The first-order valence-electron chi connectivity index (χ1n) is 6.87. The average molecular weight is 286 g/mol. The summed E-state index contributed by atoms with van der Waals surface area (Å²) in [5, 5.41) is 12.7. The van der Waals surface area contributed by atoms with Gasteiger partial charge in [-0.3, -0.25) is 4.90 Å². The largest absolute Gasteiger partial charge is 0.339 e. The molecule has 0 unspecified atom stereocenters. The second-order valence-electron chi connectivity index (χ2n) is 5.32. The van der Waals surface area contributed by atoms with Crippen LogP contribution in [0.15, 0.2) is 22.7 Å². The third-order valence-corrected chi connectivity index (χ3v) is 3.73. The van der Waals surface area contributed by atoms with Crippen molar-refractivity contribution in [2.75, 3.05) is 13.1 Å². The van der Waals surface area contributed by atoms with Gasteiger partial charge >= 0.3 is 0 Å². The van der Waals surface area contributed by atoms with Gasteiger partial charge in [-0.2, -0.15) is 10.2 Å². The van der Waals surface area contributed by atoms with Crippen molar-refractivity contribution in [3.8, 4) is 6.07 Å². The summed E-state index contributed by atoms with van der Waals surface area (Å²) in [6, 6.07) is 6.49. The van der Waals surface area contributed by atoms with E-state index in [2.05, 4.69) is 15.0 Å². The average Bonchev–Trinajstić information content (AvgIpc) is 3.10. The molecule has 2 heterocycles. The van der Waals surface area contributed by atoms with E-state index in [1.165, 1.54) is 12.1 Å². The zero-order valence-electron chi connectivity index (χ0n) is 11.7. The second kappa shape index (κ2) is 5.62. The molecule has 1 aromatic heterocycles. The van der Waals surface area contributed by atoms with Gasteiger partial charge in [0.2, 0.25) is 5.89 Å². The van der Waals surface area contributed by atoms with Gasteiger partial charge in [0.25, 0.3) is 0 Å². The Morgan fingerprint density at radius 2 is 2.38 bits per heavy atom. The van der Waals surface area contributed by atoms with Crippen molar-refractivity contribution in [2.24, 2.45) is 0 Å². The van der Waals surface area contributed by atoms with Gasteiger partial charge in [-0.05, 0) is 38.1 Å². The minimum atomic E-state index is -0.272. The number of aromatic nitrogens is 2. The third-order valence-electron chi connectivity index (χ3n) is 3.73. The number of likely N-dealkylation sites (tertiary alicyclic amines) is 1. The van der Waals surface area contributed by atoms with Crippen molar-refractivity contribution in [1.82, 2.24) is 15.0 Å². The molecule has 21 heavy (non-hydrogen) atoms. The molecule has 1 aliphatic rings. The highest BCUT2D eigenvalue weighted by molar-refractivity contribution is 5.33. The summed E-state index contributed by atoms with van der Waals surface area (Å²) in [4.78, 5) is 6.40. The number of benzene rings is 1. The van der Waals surface area contributed by atoms with Crippen LogP contribution in [0.2, 0.25) is 0 Å². The van der Waals surface area contributed by atoms with Crippen LogP contribution in [0.3, 0.4) is 0 Å². The van der Waals surface area contributed by atoms with Crippen molar-refractivity contribution in [1.29, 1.82) is 5.26 Å². The molecule has 1 atom stereocenters. The molecule has 1 fully saturated rings. The van der Waals surface area contributed by atoms with E-state index in [9.17, 15) is 4.39 Å². The quantitative estimate of drug-likeness (QED) is 0.866. The number of aryl methyl sites for hydroxylation is 1. The van der Waals surface area contributed by atoms with Crippen LogP contribution in [0.5, 0.6) is 0 Å². The molecule has 3 rings (SSSR count). The summed E-state index contributed by atoms with van der Waals surface area (Å²) in [5.41, 5.74) is 1.03. The maximum Gasteiger partial charge on any atom is 0.231 e. The van der Waals surface area contributed by atoms with Crippen LogP contribution in [0.1, 0.15) is 35.2 Å². The number of rotatable bonds is 3. The lowest BCUT2D eigenvalue weighted by Gasteiger charge is -2.15. The molecule has 1 aromatic carbocycles. The van der Waals surface area contributed by atoms with Gasteiger partial charge in [0.1, 0.15) is 5.82 Å². The van der Waals surface area contributed by atoms with E-state index in [4.69, 9.17) is 9.78 Å². The number of hydrogen-bond acceptors (Lipinski definition) is 5. The maximum absolute atomic E-state index is 13.8. The van der Waals surface area contributed by atoms with Crippen LogP contribution < -0.4 is 0 Å². The zero-order chi connectivity index (χ0) is 14.8. The summed E-state index contributed by atoms with van der Waals surface area (Å²) in [6.45, 7) is 3.90. The van der Waals surface area contributed by atoms with Crippen LogP contribution in [0, 0.1) is 24.1 Å². The van der Waals surface area contributed by atoms with Crippen LogP contribution in [-0.4, -0.2) is 28.1 Å². The van der Waals surface area contributed by atoms with Crippen molar-refractivity contribution >= 4 is 0 Å². The van der Waals surface area contributed by atoms with Gasteiger partial charge in [-0.15, -0.1) is 0 Å². The molecular formula is C15H15FN4O. The smallest absolute Gasteiger partial charge is 0.231 e. The highest BCUT2D eigenvalue weighted by atomic mass is 19.1. The van der Waals surface area contributed by atoms with Gasteiger partial charge in [-0.1, -0.05) is 5.16 Å². The fourth-order valence-electron chi connectivity index (χ4n) is 2.66. The molecule has 0 radical (unpaired) electrons. The number of hydrogen-bond donors (Lipinski definition) is 0. The fourth-order valence-corrected chi connectivity index (χ4v) is 2.66. The van der Waals surface area contributed by atoms with Gasteiger partial charge in [0, 0.05) is 18.7 Å². The summed E-state index contributed by atoms with van der Waals surface area (Å²) < 4.78 is 19.0. The molecule has 0 amide bonds. The van der Waals surface area contributed by atoms with E-state index in [1.807, 2.05) is 6.07 Å². The molecule has 1 aliphatic heterocycles. The normalized spacial score (nSPS) is 18.8. The van der Waals surface area contributed by atoms with E-state index in [0.717, 1.165) is 19.5 Å². The second-order valence-corrected chi connectivity index (χ2v) is 5.32. The van der Waals surface area contributed by atoms with Crippen molar-refractivity contribution in [3.05, 3.63) is 46.9 Å². The Hall–Kier alpha value is -2.26. The van der Waals surface area contributed by atoms with Crippen LogP contribution in [-0.2, 0) is 6.54 Å². The molecule has 0 aliphatic carbocycles. The highest BCUT2D eigenvalue weighted by Crippen LogP contribution is 2.27. The van der Waals surface area contributed by atoms with Crippen LogP contribution >= 0.6 is 0 Å². The maximum atomic E-state index is 13.8. The molecule has 0 bridgehead atoms. The fraction of sp³-hybridized carbons (Fsp3) is 0.400. The third kappa shape index (κ3) is 2.93. The first kappa shape index (κ1) is 13.7. The summed E-state index contributed by atoms with van der Waals surface area (Å²) >= 11 is 0. The van der Waals surface area contributed by atoms with Gasteiger partial charge in [0.05, 0.1) is 17.6 Å². The molecular weight excluding hydrogens is 271 g/mol. The van der Waals surface area contributed by atoms with Crippen molar-refractivity contribution in [2.45, 2.75) is 25.8 Å². The van der Waals surface area contributed by atoms with Gasteiger partial charge in [-0.25, -0.2) is 4.39 Å². The molecule has 5 nitrogen and oxygen atoms in total. The highest BCUT2D eigenvalue weighted by Gasteiger charge is 2.28. The number of nitrogens with zero attached hydrogens (tertiary/aromatic N) is 4. The van der Waals surface area contributed by atoms with Crippen LogP contribution in [0.25, 0.3) is 0 Å². The summed E-state index contributed by atoms with van der Waals surface area (Å²) in [6.07, 6.45) is 0.918. The summed E-state index contributed by atoms with van der Waals surface area (Å²) in [5.74, 6) is 1.22. The lowest BCUT2D eigenvalue weighted by atomic mass is 10.1. The standard InChI is InChI=1S/C15H15FN4O/c1-10-18-15(21-19-10)12-4-5-20(8-12)9-13-6-11(7-17)2-3-14(13)16/h2-3,6,12H,4-5,8-9H2,1H3/t12-/m0/s1.